The molecule has 0 spiro atoms. The molecule has 2 saturated heterocycles. The Labute approximate surface area is 110 Å². The molecule has 0 aromatic heterocycles. The van der Waals surface area contributed by atoms with Crippen molar-refractivity contribution in [2.75, 3.05) is 17.6 Å². The molecule has 0 radical (unpaired) electrons. The second-order valence-corrected chi connectivity index (χ2v) is 5.81. The predicted molar refractivity (Wildman–Crippen MR) is 64.8 cm³/mol. The summed E-state index contributed by atoms with van der Waals surface area (Å²) >= 11 is 4.60. The van der Waals surface area contributed by atoms with Gasteiger partial charge in [-0.3, -0.25) is 14.4 Å². The molecule has 2 amide bonds. The van der Waals surface area contributed by atoms with E-state index in [1.807, 2.05) is 0 Å². The van der Waals surface area contributed by atoms with Crippen molar-refractivity contribution in [3.8, 4) is 0 Å². The van der Waals surface area contributed by atoms with Gasteiger partial charge in [-0.1, -0.05) is 15.9 Å². The summed E-state index contributed by atoms with van der Waals surface area (Å²) < 4.78 is 0. The molecule has 6 nitrogen and oxygen atoms in total. The molecule has 94 valence electrons. The topological polar surface area (TPSA) is 86.7 Å². The molecule has 2 unspecified atom stereocenters. The summed E-state index contributed by atoms with van der Waals surface area (Å²) in [5.74, 6) is -0.681. The van der Waals surface area contributed by atoms with Crippen LogP contribution in [-0.4, -0.2) is 57.3 Å². The monoisotopic (exact) mass is 322 g/mol. The number of carboxylic acid groups (broad SMARTS) is 1. The van der Waals surface area contributed by atoms with Gasteiger partial charge in [0.1, 0.15) is 16.8 Å². The number of alkyl halides is 1. The largest absolute Gasteiger partial charge is 0.481 e. The lowest BCUT2D eigenvalue weighted by atomic mass is 9.89. The highest BCUT2D eigenvalue weighted by molar-refractivity contribution is 9.09. The van der Waals surface area contributed by atoms with Crippen LogP contribution in [0.3, 0.4) is 0 Å². The van der Waals surface area contributed by atoms with Crippen molar-refractivity contribution in [3.05, 3.63) is 0 Å². The average molecular weight is 323 g/mol. The Kier molecular flexibility index (Phi) is 3.35. The van der Waals surface area contributed by atoms with E-state index in [2.05, 4.69) is 21.2 Å². The molecule has 2 fully saturated rings. The summed E-state index contributed by atoms with van der Waals surface area (Å²) in [6.07, 6.45) is 0.504. The number of carbonyl (C=O) groups is 3. The van der Waals surface area contributed by atoms with Gasteiger partial charge >= 0.3 is 5.97 Å². The van der Waals surface area contributed by atoms with Crippen molar-refractivity contribution >= 4 is 46.0 Å². The van der Waals surface area contributed by atoms with Gasteiger partial charge in [0.2, 0.25) is 12.3 Å². The molecule has 0 aromatic carbocycles. The zero-order chi connectivity index (χ0) is 12.6. The highest BCUT2D eigenvalue weighted by atomic mass is 79.9. The minimum absolute atomic E-state index is 0.126. The molecule has 2 aliphatic rings. The van der Waals surface area contributed by atoms with E-state index in [1.165, 1.54) is 16.7 Å². The van der Waals surface area contributed by atoms with Crippen molar-refractivity contribution in [2.45, 2.75) is 11.4 Å². The van der Waals surface area contributed by atoms with Gasteiger partial charge in [0.05, 0.1) is 0 Å². The third-order valence-corrected chi connectivity index (χ3v) is 5.76. The molecule has 0 aromatic rings. The number of rotatable bonds is 4. The van der Waals surface area contributed by atoms with E-state index in [-0.39, 0.29) is 17.8 Å². The molecule has 2 aliphatic heterocycles. The van der Waals surface area contributed by atoms with Crippen LogP contribution in [0.15, 0.2) is 0 Å². The minimum Gasteiger partial charge on any atom is -0.481 e. The van der Waals surface area contributed by atoms with Crippen LogP contribution in [0, 0.1) is 5.41 Å². The standard InChI is InChI=1S/C9H11BrN2O4S/c10-1-9(8(15)16)2-12-6(14)5(11-4-13)7(12)17-3-9/h4-5,7H,1-3H2,(H,11,13)(H,15,16)/t5?,7-,9?/m1/s1. The van der Waals surface area contributed by atoms with Crippen LogP contribution in [0.1, 0.15) is 0 Å². The quantitative estimate of drug-likeness (QED) is 0.413. The summed E-state index contributed by atoms with van der Waals surface area (Å²) in [5, 5.41) is 11.9. The molecule has 17 heavy (non-hydrogen) atoms. The smallest absolute Gasteiger partial charge is 0.313 e. The molecular weight excluding hydrogens is 312 g/mol. The van der Waals surface area contributed by atoms with Gasteiger partial charge in [-0.05, 0) is 0 Å². The molecule has 8 heteroatoms. The van der Waals surface area contributed by atoms with Crippen molar-refractivity contribution in [3.63, 3.8) is 0 Å². The van der Waals surface area contributed by atoms with Crippen molar-refractivity contribution in [1.29, 1.82) is 0 Å². The number of halogens is 1. The summed E-state index contributed by atoms with van der Waals surface area (Å²) in [6.45, 7) is 0.196. The van der Waals surface area contributed by atoms with E-state index >= 15 is 0 Å². The number of amides is 2. The van der Waals surface area contributed by atoms with Crippen LogP contribution in [0.5, 0.6) is 0 Å². The Bertz CT molecular complexity index is 380. The fourth-order valence-corrected chi connectivity index (χ4v) is 4.42. The normalized spacial score (nSPS) is 35.8. The van der Waals surface area contributed by atoms with Crippen LogP contribution in [0.2, 0.25) is 0 Å². The highest BCUT2D eigenvalue weighted by Crippen LogP contribution is 2.42. The molecule has 0 aliphatic carbocycles. The third-order valence-electron chi connectivity index (χ3n) is 3.10. The minimum atomic E-state index is -0.928. The van der Waals surface area contributed by atoms with Crippen molar-refractivity contribution in [1.82, 2.24) is 10.2 Å². The van der Waals surface area contributed by atoms with E-state index in [1.54, 1.807) is 0 Å². The van der Waals surface area contributed by atoms with Gasteiger partial charge in [0.15, 0.2) is 0 Å². The van der Waals surface area contributed by atoms with Gasteiger partial charge < -0.3 is 15.3 Å². The number of carbonyl (C=O) groups excluding carboxylic acids is 2. The highest BCUT2D eigenvalue weighted by Gasteiger charge is 2.56. The first-order chi connectivity index (χ1) is 8.05. The maximum atomic E-state index is 11.7. The lowest BCUT2D eigenvalue weighted by Crippen LogP contribution is -2.73. The van der Waals surface area contributed by atoms with Crippen molar-refractivity contribution < 1.29 is 19.5 Å². The summed E-state index contributed by atoms with van der Waals surface area (Å²) in [5.41, 5.74) is -0.928. The fraction of sp³-hybridized carbons (Fsp3) is 0.667. The number of thioether (sulfide) groups is 1. The van der Waals surface area contributed by atoms with Crippen molar-refractivity contribution in [2.24, 2.45) is 5.41 Å². The van der Waals surface area contributed by atoms with Crippen LogP contribution < -0.4 is 5.32 Å². The van der Waals surface area contributed by atoms with E-state index in [0.29, 0.717) is 17.5 Å². The number of nitrogens with zero attached hydrogens (tertiary/aromatic N) is 1. The second-order valence-electron chi connectivity index (χ2n) is 4.15. The summed E-state index contributed by atoms with van der Waals surface area (Å²) in [7, 11) is 0. The number of β-lactam (4-membered cyclic amide) rings is 1. The Morgan fingerprint density at radius 3 is 3.00 bits per heavy atom. The number of aliphatic carboxylic acids is 1. The lowest BCUT2D eigenvalue weighted by Gasteiger charge is -2.53. The second kappa shape index (κ2) is 4.49. The fourth-order valence-electron chi connectivity index (χ4n) is 1.99. The molecule has 2 rings (SSSR count). The van der Waals surface area contributed by atoms with Gasteiger partial charge in [-0.2, -0.15) is 0 Å². The van der Waals surface area contributed by atoms with Gasteiger partial charge in [0, 0.05) is 17.6 Å². The predicted octanol–water partition coefficient (Wildman–Crippen LogP) is -0.518. The molecule has 0 saturated carbocycles. The molecule has 2 N–H and O–H groups in total. The number of carboxylic acids is 1. The van der Waals surface area contributed by atoms with Gasteiger partial charge in [-0.15, -0.1) is 11.8 Å². The van der Waals surface area contributed by atoms with E-state index in [4.69, 9.17) is 0 Å². The molecule has 2 heterocycles. The summed E-state index contributed by atoms with van der Waals surface area (Å²) in [4.78, 5) is 34.8. The van der Waals surface area contributed by atoms with Gasteiger partial charge in [-0.25, -0.2) is 0 Å². The van der Waals surface area contributed by atoms with Crippen LogP contribution in [-0.2, 0) is 14.4 Å². The average Bonchev–Trinajstić information content (AvgIpc) is 2.34. The lowest BCUT2D eigenvalue weighted by molar-refractivity contribution is -0.156. The van der Waals surface area contributed by atoms with E-state index in [9.17, 15) is 19.5 Å². The van der Waals surface area contributed by atoms with E-state index < -0.39 is 17.4 Å². The maximum Gasteiger partial charge on any atom is 0.313 e. The zero-order valence-corrected chi connectivity index (χ0v) is 11.2. The van der Waals surface area contributed by atoms with Gasteiger partial charge in [0.25, 0.3) is 0 Å². The summed E-state index contributed by atoms with van der Waals surface area (Å²) in [6, 6.07) is -0.500. The first-order valence-corrected chi connectivity index (χ1v) is 7.14. The third kappa shape index (κ3) is 1.83. The van der Waals surface area contributed by atoms with E-state index in [0.717, 1.165) is 0 Å². The Morgan fingerprint density at radius 1 is 1.76 bits per heavy atom. The van der Waals surface area contributed by atoms with Crippen LogP contribution >= 0.6 is 27.7 Å². The Hall–Kier alpha value is -0.760. The molecular formula is C9H11BrN2O4S. The number of fused-ring (bicyclic) bond motifs is 1. The Balaban J connectivity index is 2.10. The van der Waals surface area contributed by atoms with Crippen LogP contribution in [0.4, 0.5) is 0 Å². The zero-order valence-electron chi connectivity index (χ0n) is 8.76. The van der Waals surface area contributed by atoms with Crippen LogP contribution in [0.25, 0.3) is 0 Å². The number of hydrogen-bond donors (Lipinski definition) is 2. The molecule has 0 bridgehead atoms. The number of hydrogen-bond acceptors (Lipinski definition) is 4. The Morgan fingerprint density at radius 2 is 2.47 bits per heavy atom. The first-order valence-electron chi connectivity index (χ1n) is 4.97. The maximum absolute atomic E-state index is 11.7. The molecule has 3 atom stereocenters. The SMILES string of the molecule is O=CNC1C(=O)N2CC(CBr)(C(=O)O)CS[C@H]12. The number of nitrogens with one attached hydrogen (secondary N) is 1. The first kappa shape index (κ1) is 12.7.